The van der Waals surface area contributed by atoms with E-state index in [9.17, 15) is 9.59 Å². The average Bonchev–Trinajstić information content (AvgIpc) is 2.59. The van der Waals surface area contributed by atoms with Crippen LogP contribution in [-0.4, -0.2) is 25.1 Å². The number of ketones is 1. The van der Waals surface area contributed by atoms with E-state index in [-0.39, 0.29) is 17.1 Å². The molecule has 26 heavy (non-hydrogen) atoms. The molecule has 1 aliphatic carbocycles. The first-order valence-corrected chi connectivity index (χ1v) is 9.96. The highest BCUT2D eigenvalue weighted by Crippen LogP contribution is 2.46. The summed E-state index contributed by atoms with van der Waals surface area (Å²) in [6.45, 7) is 6.09. The lowest BCUT2D eigenvalue weighted by Crippen LogP contribution is -2.38. The third-order valence-corrected chi connectivity index (χ3v) is 5.84. The first kappa shape index (κ1) is 18.8. The number of esters is 1. The minimum atomic E-state index is -0.391. The number of ether oxygens (including phenoxy) is 1. The number of carbonyl (C=O) groups is 2. The van der Waals surface area contributed by atoms with Gasteiger partial charge in [0.05, 0.1) is 12.7 Å². The minimum absolute atomic E-state index is 0.0841. The molecule has 5 heteroatoms. The van der Waals surface area contributed by atoms with Crippen molar-refractivity contribution < 1.29 is 14.3 Å². The van der Waals surface area contributed by atoms with E-state index in [0.717, 1.165) is 28.3 Å². The molecule has 0 saturated heterocycles. The standard InChI is InChI=1S/C21H25NO3S/c1-12-17(20(24)25-4)18(13-6-8-14(26-5)9-7-13)19-15(22-12)10-21(2,3)11-16(19)23/h6-9,18,22H,10-11H2,1-5H3/t18-/m1/s1. The molecule has 0 unspecified atom stereocenters. The fraction of sp³-hybridized carbons (Fsp3) is 0.429. The maximum absolute atomic E-state index is 13.0. The van der Waals surface area contributed by atoms with Crippen molar-refractivity contribution in [1.82, 2.24) is 5.32 Å². The maximum Gasteiger partial charge on any atom is 0.336 e. The second kappa shape index (κ2) is 6.95. The fourth-order valence-corrected chi connectivity index (χ4v) is 4.35. The van der Waals surface area contributed by atoms with Gasteiger partial charge in [-0.3, -0.25) is 4.79 Å². The second-order valence-electron chi connectivity index (χ2n) is 7.69. The number of hydrogen-bond donors (Lipinski definition) is 1. The van der Waals surface area contributed by atoms with Crippen LogP contribution in [0.15, 0.2) is 51.7 Å². The van der Waals surface area contributed by atoms with Crippen LogP contribution >= 0.6 is 11.8 Å². The van der Waals surface area contributed by atoms with E-state index < -0.39 is 5.97 Å². The van der Waals surface area contributed by atoms with Crippen LogP contribution in [0.3, 0.4) is 0 Å². The van der Waals surface area contributed by atoms with E-state index in [1.807, 2.05) is 37.4 Å². The molecule has 0 saturated carbocycles. The monoisotopic (exact) mass is 371 g/mol. The highest BCUT2D eigenvalue weighted by Gasteiger charge is 2.42. The van der Waals surface area contributed by atoms with Crippen molar-refractivity contribution in [3.63, 3.8) is 0 Å². The van der Waals surface area contributed by atoms with Crippen molar-refractivity contribution in [3.8, 4) is 0 Å². The zero-order chi connectivity index (χ0) is 19.1. The van der Waals surface area contributed by atoms with Gasteiger partial charge in [0.2, 0.25) is 0 Å². The first-order chi connectivity index (χ1) is 12.3. The highest BCUT2D eigenvalue weighted by molar-refractivity contribution is 7.98. The van der Waals surface area contributed by atoms with Crippen LogP contribution < -0.4 is 5.32 Å². The van der Waals surface area contributed by atoms with E-state index >= 15 is 0 Å². The number of carbonyl (C=O) groups excluding carboxylic acids is 2. The Labute approximate surface area is 159 Å². The third kappa shape index (κ3) is 3.32. The average molecular weight is 372 g/mol. The molecule has 1 atom stereocenters. The van der Waals surface area contributed by atoms with Crippen LogP contribution in [0.1, 0.15) is 45.1 Å². The largest absolute Gasteiger partial charge is 0.466 e. The maximum atomic E-state index is 13.0. The van der Waals surface area contributed by atoms with E-state index in [1.165, 1.54) is 7.11 Å². The smallest absolute Gasteiger partial charge is 0.336 e. The van der Waals surface area contributed by atoms with Gasteiger partial charge in [-0.05, 0) is 42.7 Å². The zero-order valence-electron chi connectivity index (χ0n) is 15.9. The SMILES string of the molecule is COC(=O)C1=C(C)NC2=C(C(=O)CC(C)(C)C2)[C@@H]1c1ccc(SC)cc1. The zero-order valence-corrected chi connectivity index (χ0v) is 16.8. The number of benzene rings is 1. The van der Waals surface area contributed by atoms with Gasteiger partial charge in [0, 0.05) is 34.2 Å². The summed E-state index contributed by atoms with van der Waals surface area (Å²) in [5.41, 5.74) is 3.81. The summed E-state index contributed by atoms with van der Waals surface area (Å²) in [6.07, 6.45) is 3.30. The van der Waals surface area contributed by atoms with Gasteiger partial charge in [-0.2, -0.15) is 0 Å². The molecule has 1 aromatic rings. The van der Waals surface area contributed by atoms with Crippen molar-refractivity contribution in [2.45, 2.75) is 44.4 Å². The number of hydrogen-bond acceptors (Lipinski definition) is 5. The normalized spacial score (nSPS) is 22.0. The third-order valence-electron chi connectivity index (χ3n) is 5.09. The molecule has 0 amide bonds. The Hall–Kier alpha value is -2.01. The summed E-state index contributed by atoms with van der Waals surface area (Å²) in [6, 6.07) is 8.08. The molecule has 1 aliphatic heterocycles. The summed E-state index contributed by atoms with van der Waals surface area (Å²) >= 11 is 1.66. The Balaban J connectivity index is 2.17. The highest BCUT2D eigenvalue weighted by atomic mass is 32.2. The molecule has 3 rings (SSSR count). The molecule has 2 aliphatic rings. The van der Waals surface area contributed by atoms with Crippen LogP contribution in [0.4, 0.5) is 0 Å². The fourth-order valence-electron chi connectivity index (χ4n) is 3.95. The van der Waals surface area contributed by atoms with Crippen molar-refractivity contribution in [3.05, 3.63) is 52.4 Å². The first-order valence-electron chi connectivity index (χ1n) is 8.73. The second-order valence-corrected chi connectivity index (χ2v) is 8.57. The molecular weight excluding hydrogens is 346 g/mol. The quantitative estimate of drug-likeness (QED) is 0.638. The number of Topliss-reactive ketones (excluding diaryl/α,β-unsaturated/α-hetero) is 1. The van der Waals surface area contributed by atoms with Crippen LogP contribution in [0.2, 0.25) is 0 Å². The van der Waals surface area contributed by atoms with Crippen molar-refractivity contribution in [2.24, 2.45) is 5.41 Å². The molecular formula is C21H25NO3S. The Morgan fingerprint density at radius 2 is 1.88 bits per heavy atom. The Morgan fingerprint density at radius 3 is 2.46 bits per heavy atom. The lowest BCUT2D eigenvalue weighted by Gasteiger charge is -2.39. The van der Waals surface area contributed by atoms with Crippen molar-refractivity contribution in [1.29, 1.82) is 0 Å². The summed E-state index contributed by atoms with van der Waals surface area (Å²) < 4.78 is 5.04. The van der Waals surface area contributed by atoms with Gasteiger partial charge in [0.15, 0.2) is 5.78 Å². The number of thioether (sulfide) groups is 1. The molecule has 0 radical (unpaired) electrons. The van der Waals surface area contributed by atoms with Crippen molar-refractivity contribution in [2.75, 3.05) is 13.4 Å². The molecule has 0 spiro atoms. The number of nitrogens with one attached hydrogen (secondary N) is 1. The summed E-state index contributed by atoms with van der Waals surface area (Å²) in [4.78, 5) is 26.7. The van der Waals surface area contributed by atoms with E-state index in [2.05, 4.69) is 19.2 Å². The van der Waals surface area contributed by atoms with Crippen LogP contribution in [0.5, 0.6) is 0 Å². The number of dihydropyridines is 1. The predicted octanol–water partition coefficient (Wildman–Crippen LogP) is 4.19. The number of allylic oxidation sites excluding steroid dienone is 3. The van der Waals surface area contributed by atoms with Gasteiger partial charge in [-0.25, -0.2) is 4.79 Å². The minimum Gasteiger partial charge on any atom is -0.466 e. The van der Waals surface area contributed by atoms with E-state index in [0.29, 0.717) is 17.6 Å². The van der Waals surface area contributed by atoms with Crippen molar-refractivity contribution >= 4 is 23.5 Å². The lowest BCUT2D eigenvalue weighted by atomic mass is 9.68. The van der Waals surface area contributed by atoms with Gasteiger partial charge in [-0.1, -0.05) is 26.0 Å². The predicted molar refractivity (Wildman–Crippen MR) is 104 cm³/mol. The van der Waals surface area contributed by atoms with Gasteiger partial charge in [-0.15, -0.1) is 11.8 Å². The van der Waals surface area contributed by atoms with Gasteiger partial charge in [0.25, 0.3) is 0 Å². The molecule has 1 heterocycles. The van der Waals surface area contributed by atoms with Gasteiger partial charge in [0.1, 0.15) is 0 Å². The van der Waals surface area contributed by atoms with Gasteiger partial charge >= 0.3 is 5.97 Å². The molecule has 138 valence electrons. The van der Waals surface area contributed by atoms with E-state index in [4.69, 9.17) is 4.74 Å². The number of methoxy groups -OCH3 is 1. The molecule has 0 bridgehead atoms. The Kier molecular flexibility index (Phi) is 5.02. The summed E-state index contributed by atoms with van der Waals surface area (Å²) in [7, 11) is 1.38. The lowest BCUT2D eigenvalue weighted by molar-refractivity contribution is -0.136. The van der Waals surface area contributed by atoms with Gasteiger partial charge < -0.3 is 10.1 Å². The van der Waals surface area contributed by atoms with Crippen LogP contribution in [-0.2, 0) is 14.3 Å². The Bertz CT molecular complexity index is 818. The molecule has 1 N–H and O–H groups in total. The van der Waals surface area contributed by atoms with Crippen LogP contribution in [0.25, 0.3) is 0 Å². The molecule has 0 aromatic heterocycles. The summed E-state index contributed by atoms with van der Waals surface area (Å²) in [5.74, 6) is -0.659. The number of rotatable bonds is 3. The Morgan fingerprint density at radius 1 is 1.23 bits per heavy atom. The molecule has 1 aromatic carbocycles. The summed E-state index contributed by atoms with van der Waals surface area (Å²) in [5, 5.41) is 3.33. The van der Waals surface area contributed by atoms with E-state index in [1.54, 1.807) is 11.8 Å². The molecule has 0 fully saturated rings. The molecule has 4 nitrogen and oxygen atoms in total. The van der Waals surface area contributed by atoms with Crippen LogP contribution in [0, 0.1) is 5.41 Å². The topological polar surface area (TPSA) is 55.4 Å².